The van der Waals surface area contributed by atoms with E-state index in [1.54, 1.807) is 29.5 Å². The molecule has 0 spiro atoms. The van der Waals surface area contributed by atoms with E-state index in [0.717, 1.165) is 48.0 Å². The number of rotatable bonds is 4. The Morgan fingerprint density at radius 2 is 1.68 bits per heavy atom. The van der Waals surface area contributed by atoms with Crippen molar-refractivity contribution in [3.63, 3.8) is 0 Å². The summed E-state index contributed by atoms with van der Waals surface area (Å²) in [6.45, 7) is 4.22. The number of aromatic nitrogens is 2. The smallest absolute Gasteiger partial charge is 0.260 e. The van der Waals surface area contributed by atoms with Crippen LogP contribution in [0.15, 0.2) is 66.2 Å². The highest BCUT2D eigenvalue weighted by Gasteiger charge is 2.29. The van der Waals surface area contributed by atoms with E-state index in [2.05, 4.69) is 63.5 Å². The van der Waals surface area contributed by atoms with Gasteiger partial charge in [0.25, 0.3) is 5.91 Å². The minimum absolute atomic E-state index is 0.0807. The van der Waals surface area contributed by atoms with E-state index < -0.39 is 0 Å². The Balaban J connectivity index is 1.27. The number of thiophene rings is 1. The van der Waals surface area contributed by atoms with Crippen molar-refractivity contribution in [2.75, 3.05) is 67.3 Å². The number of anilines is 6. The van der Waals surface area contributed by atoms with Gasteiger partial charge < -0.3 is 24.9 Å². The molecule has 2 aromatic carbocycles. The number of carbonyl (C=O) groups excluding carboxylic acids is 1. The molecule has 37 heavy (non-hydrogen) atoms. The third-order valence-corrected chi connectivity index (χ3v) is 8.04. The van der Waals surface area contributed by atoms with E-state index in [4.69, 9.17) is 4.98 Å². The van der Waals surface area contributed by atoms with Crippen molar-refractivity contribution in [3.05, 3.63) is 71.7 Å². The SMILES string of the molecule is CN1CCN(c2ccc(Nc3ncc4c(n3)N(C)c3ccc(-c5cccs5)cc3C(=O)N4C)cc2)CC1. The van der Waals surface area contributed by atoms with Gasteiger partial charge >= 0.3 is 0 Å². The number of hydrogen-bond donors (Lipinski definition) is 1. The molecule has 8 nitrogen and oxygen atoms in total. The van der Waals surface area contributed by atoms with Crippen molar-refractivity contribution in [2.45, 2.75) is 0 Å². The molecule has 2 aliphatic rings. The molecule has 0 unspecified atom stereocenters. The van der Waals surface area contributed by atoms with E-state index >= 15 is 0 Å². The molecular formula is C28H29N7OS. The summed E-state index contributed by atoms with van der Waals surface area (Å²) in [4.78, 5) is 32.3. The minimum atomic E-state index is -0.0807. The zero-order valence-corrected chi connectivity index (χ0v) is 22.0. The Morgan fingerprint density at radius 1 is 0.892 bits per heavy atom. The third kappa shape index (κ3) is 4.41. The lowest BCUT2D eigenvalue weighted by atomic mass is 10.1. The molecule has 0 radical (unpaired) electrons. The first-order chi connectivity index (χ1) is 18.0. The second kappa shape index (κ2) is 9.49. The van der Waals surface area contributed by atoms with Crippen LogP contribution in [-0.4, -0.2) is 68.1 Å². The summed E-state index contributed by atoms with van der Waals surface area (Å²) < 4.78 is 0. The van der Waals surface area contributed by atoms with Crippen molar-refractivity contribution in [1.29, 1.82) is 0 Å². The van der Waals surface area contributed by atoms with E-state index in [0.29, 0.717) is 23.0 Å². The Morgan fingerprint density at radius 3 is 2.41 bits per heavy atom. The molecule has 6 rings (SSSR count). The lowest BCUT2D eigenvalue weighted by Crippen LogP contribution is -2.44. The molecule has 0 saturated carbocycles. The van der Waals surface area contributed by atoms with Crippen LogP contribution in [0, 0.1) is 0 Å². The van der Waals surface area contributed by atoms with Crippen molar-refractivity contribution in [3.8, 4) is 10.4 Å². The maximum atomic E-state index is 13.4. The normalized spacial score (nSPS) is 15.9. The maximum absolute atomic E-state index is 13.4. The third-order valence-electron chi connectivity index (χ3n) is 7.12. The van der Waals surface area contributed by atoms with E-state index in [1.165, 1.54) is 5.69 Å². The van der Waals surface area contributed by atoms with E-state index in [1.807, 2.05) is 35.5 Å². The van der Waals surface area contributed by atoms with E-state index in [9.17, 15) is 4.79 Å². The van der Waals surface area contributed by atoms with Crippen LogP contribution in [0.4, 0.5) is 34.5 Å². The van der Waals surface area contributed by atoms with Crippen LogP contribution < -0.4 is 20.0 Å². The predicted octanol–water partition coefficient (Wildman–Crippen LogP) is 5.06. The number of fused-ring (bicyclic) bond motifs is 2. The van der Waals surface area contributed by atoms with Crippen molar-refractivity contribution in [2.24, 2.45) is 0 Å². The highest BCUT2D eigenvalue weighted by Crippen LogP contribution is 2.40. The van der Waals surface area contributed by atoms with Gasteiger partial charge in [-0.3, -0.25) is 4.79 Å². The largest absolute Gasteiger partial charge is 0.369 e. The topological polar surface area (TPSA) is 67.8 Å². The predicted molar refractivity (Wildman–Crippen MR) is 152 cm³/mol. The fourth-order valence-corrected chi connectivity index (χ4v) is 5.58. The van der Waals surface area contributed by atoms with Gasteiger partial charge in [0.2, 0.25) is 5.95 Å². The molecule has 2 aliphatic heterocycles. The number of hydrogen-bond acceptors (Lipinski definition) is 8. The van der Waals surface area contributed by atoms with Crippen LogP contribution in [0.5, 0.6) is 0 Å². The lowest BCUT2D eigenvalue weighted by molar-refractivity contribution is 0.0994. The Hall–Kier alpha value is -3.95. The zero-order valence-electron chi connectivity index (χ0n) is 21.2. The van der Waals surface area contributed by atoms with Crippen LogP contribution >= 0.6 is 11.3 Å². The number of benzene rings is 2. The summed E-state index contributed by atoms with van der Waals surface area (Å²) in [5.74, 6) is 1.07. The molecule has 4 aromatic rings. The van der Waals surface area contributed by atoms with E-state index in [-0.39, 0.29) is 5.91 Å². The van der Waals surface area contributed by atoms with Gasteiger partial charge in [0.05, 0.1) is 17.4 Å². The molecule has 1 N–H and O–H groups in total. The zero-order chi connectivity index (χ0) is 25.5. The second-order valence-electron chi connectivity index (χ2n) is 9.50. The summed E-state index contributed by atoms with van der Waals surface area (Å²) in [7, 11) is 5.88. The first kappa shape index (κ1) is 23.4. The number of nitrogens with one attached hydrogen (secondary N) is 1. The molecule has 0 aliphatic carbocycles. The number of nitrogens with zero attached hydrogens (tertiary/aromatic N) is 6. The molecule has 4 heterocycles. The van der Waals surface area contributed by atoms with Gasteiger partial charge in [0, 0.05) is 56.5 Å². The number of carbonyl (C=O) groups is 1. The summed E-state index contributed by atoms with van der Waals surface area (Å²) in [6.07, 6.45) is 1.71. The average molecular weight is 512 g/mol. The molecular weight excluding hydrogens is 482 g/mol. The van der Waals surface area contributed by atoms with Gasteiger partial charge in [-0.15, -0.1) is 11.3 Å². The van der Waals surface area contributed by atoms with Gasteiger partial charge in [-0.05, 0) is 60.5 Å². The quantitative estimate of drug-likeness (QED) is 0.411. The highest BCUT2D eigenvalue weighted by molar-refractivity contribution is 7.13. The lowest BCUT2D eigenvalue weighted by Gasteiger charge is -2.34. The van der Waals surface area contributed by atoms with Crippen LogP contribution in [0.1, 0.15) is 10.4 Å². The van der Waals surface area contributed by atoms with Gasteiger partial charge in [-0.1, -0.05) is 12.1 Å². The summed E-state index contributed by atoms with van der Waals surface area (Å²) in [6, 6.07) is 18.5. The Bertz CT molecular complexity index is 1430. The Labute approximate surface area is 220 Å². The highest BCUT2D eigenvalue weighted by atomic mass is 32.1. The molecule has 188 valence electrons. The van der Waals surface area contributed by atoms with Gasteiger partial charge in [-0.2, -0.15) is 4.98 Å². The minimum Gasteiger partial charge on any atom is -0.369 e. The molecule has 9 heteroatoms. The summed E-state index contributed by atoms with van der Waals surface area (Å²) in [5, 5.41) is 5.37. The summed E-state index contributed by atoms with van der Waals surface area (Å²) >= 11 is 1.66. The van der Waals surface area contributed by atoms with Crippen LogP contribution in [0.2, 0.25) is 0 Å². The fraction of sp³-hybridized carbons (Fsp3) is 0.250. The van der Waals surface area contributed by atoms with Gasteiger partial charge in [0.1, 0.15) is 5.69 Å². The van der Waals surface area contributed by atoms with Gasteiger partial charge in [0.15, 0.2) is 5.82 Å². The van der Waals surface area contributed by atoms with Crippen molar-refractivity contribution < 1.29 is 4.79 Å². The molecule has 1 fully saturated rings. The number of piperazine rings is 1. The molecule has 1 saturated heterocycles. The number of likely N-dealkylation sites (N-methyl/N-ethyl adjacent to an activating group) is 1. The second-order valence-corrected chi connectivity index (χ2v) is 10.4. The fourth-order valence-electron chi connectivity index (χ4n) is 4.86. The molecule has 2 aromatic heterocycles. The molecule has 0 atom stereocenters. The van der Waals surface area contributed by atoms with Gasteiger partial charge in [-0.25, -0.2) is 4.98 Å². The van der Waals surface area contributed by atoms with Crippen LogP contribution in [-0.2, 0) is 0 Å². The number of amides is 1. The molecule has 0 bridgehead atoms. The van der Waals surface area contributed by atoms with Crippen molar-refractivity contribution >= 4 is 51.8 Å². The first-order valence-electron chi connectivity index (χ1n) is 12.4. The standard InChI is InChI=1S/C28H29N7OS/c1-32-12-14-35(15-13-32)21-9-7-20(8-10-21)30-28-29-18-24-26(31-28)33(2)23-11-6-19(25-5-4-16-37-25)17-22(23)27(36)34(24)3/h4-11,16-18H,12-15H2,1-3H3,(H,29,30,31). The van der Waals surface area contributed by atoms with Crippen LogP contribution in [0.3, 0.4) is 0 Å². The van der Waals surface area contributed by atoms with Crippen LogP contribution in [0.25, 0.3) is 10.4 Å². The Kier molecular flexibility index (Phi) is 6.02. The first-order valence-corrected chi connectivity index (χ1v) is 13.2. The monoisotopic (exact) mass is 511 g/mol. The maximum Gasteiger partial charge on any atom is 0.260 e. The summed E-state index contributed by atoms with van der Waals surface area (Å²) in [5.41, 5.74) is 5.29. The average Bonchev–Trinajstić information content (AvgIpc) is 3.46. The molecule has 1 amide bonds. The van der Waals surface area contributed by atoms with Crippen molar-refractivity contribution in [1.82, 2.24) is 14.9 Å².